The molecule has 0 unspecified atom stereocenters. The summed E-state index contributed by atoms with van der Waals surface area (Å²) in [5.41, 5.74) is 9.88. The van der Waals surface area contributed by atoms with Gasteiger partial charge in [0, 0.05) is 5.75 Å². The Morgan fingerprint density at radius 2 is 1.91 bits per heavy atom. The molecule has 3 nitrogen and oxygen atoms in total. The van der Waals surface area contributed by atoms with E-state index >= 15 is 0 Å². The maximum atomic E-state index is 13.6. The molecule has 2 aromatic carbocycles. The van der Waals surface area contributed by atoms with Crippen LogP contribution in [-0.2, 0) is 5.75 Å². The Balaban J connectivity index is 2.08. The van der Waals surface area contributed by atoms with Crippen molar-refractivity contribution in [2.75, 3.05) is 7.11 Å². The summed E-state index contributed by atoms with van der Waals surface area (Å²) in [6, 6.07) is 10.9. The maximum absolute atomic E-state index is 13.6. The quantitative estimate of drug-likeness (QED) is 0.674. The summed E-state index contributed by atoms with van der Waals surface area (Å²) >= 11 is 1.38. The Labute approximate surface area is 134 Å². The van der Waals surface area contributed by atoms with Crippen LogP contribution >= 0.6 is 11.8 Å². The van der Waals surface area contributed by atoms with E-state index in [0.29, 0.717) is 10.9 Å². The number of methoxy groups -OCH3 is 1. The summed E-state index contributed by atoms with van der Waals surface area (Å²) in [6.45, 7) is 4.01. The van der Waals surface area contributed by atoms with E-state index < -0.39 is 0 Å². The van der Waals surface area contributed by atoms with Gasteiger partial charge in [0.15, 0.2) is 16.7 Å². The van der Waals surface area contributed by atoms with Gasteiger partial charge in [0.1, 0.15) is 0 Å². The highest BCUT2D eigenvalue weighted by Gasteiger charge is 2.06. The third kappa shape index (κ3) is 4.01. The number of hydrogen-bond donors (Lipinski definition) is 1. The van der Waals surface area contributed by atoms with Gasteiger partial charge in [0.2, 0.25) is 0 Å². The van der Waals surface area contributed by atoms with Gasteiger partial charge in [-0.15, -0.1) is 0 Å². The number of para-hydroxylation sites is 1. The number of benzene rings is 2. The third-order valence-electron chi connectivity index (χ3n) is 3.26. The van der Waals surface area contributed by atoms with Crippen LogP contribution in [0.5, 0.6) is 5.75 Å². The molecule has 0 spiro atoms. The molecular formula is C17H19FN2OS. The molecule has 0 amide bonds. The smallest absolute Gasteiger partial charge is 0.165 e. The van der Waals surface area contributed by atoms with E-state index in [1.54, 1.807) is 6.07 Å². The van der Waals surface area contributed by atoms with Gasteiger partial charge in [0.25, 0.3) is 0 Å². The van der Waals surface area contributed by atoms with Crippen LogP contribution in [0.4, 0.5) is 10.1 Å². The molecule has 116 valence electrons. The molecule has 22 heavy (non-hydrogen) atoms. The number of nitrogens with zero attached hydrogens (tertiary/aromatic N) is 1. The molecule has 0 saturated carbocycles. The van der Waals surface area contributed by atoms with Crippen LogP contribution < -0.4 is 10.5 Å². The summed E-state index contributed by atoms with van der Waals surface area (Å²) in [6.07, 6.45) is 0. The molecule has 0 fully saturated rings. The SMILES string of the molecule is COc1ccc(CSC(N)=Nc2c(C)cccc2C)cc1F. The van der Waals surface area contributed by atoms with E-state index in [9.17, 15) is 4.39 Å². The van der Waals surface area contributed by atoms with Gasteiger partial charge in [-0.05, 0) is 42.7 Å². The van der Waals surface area contributed by atoms with Crippen molar-refractivity contribution < 1.29 is 9.13 Å². The molecule has 2 rings (SSSR count). The van der Waals surface area contributed by atoms with Crippen LogP contribution in [0.1, 0.15) is 16.7 Å². The largest absolute Gasteiger partial charge is 0.494 e. The van der Waals surface area contributed by atoms with Crippen LogP contribution in [0.25, 0.3) is 0 Å². The predicted molar refractivity (Wildman–Crippen MR) is 91.4 cm³/mol. The monoisotopic (exact) mass is 318 g/mol. The van der Waals surface area contributed by atoms with Crippen molar-refractivity contribution in [2.45, 2.75) is 19.6 Å². The van der Waals surface area contributed by atoms with Crippen LogP contribution in [-0.4, -0.2) is 12.3 Å². The Hall–Kier alpha value is -2.01. The number of rotatable bonds is 4. The van der Waals surface area contributed by atoms with E-state index in [1.807, 2.05) is 38.1 Å². The highest BCUT2D eigenvalue weighted by atomic mass is 32.2. The van der Waals surface area contributed by atoms with Gasteiger partial charge in [-0.2, -0.15) is 0 Å². The standard InChI is InChI=1S/C17H19FN2OS/c1-11-5-4-6-12(2)16(11)20-17(19)22-10-13-7-8-15(21-3)14(18)9-13/h4-9H,10H2,1-3H3,(H2,19,20). The fraction of sp³-hybridized carbons (Fsp3) is 0.235. The van der Waals surface area contributed by atoms with Crippen LogP contribution in [0, 0.1) is 19.7 Å². The number of ether oxygens (including phenoxy) is 1. The second-order valence-corrected chi connectivity index (χ2v) is 5.94. The highest BCUT2D eigenvalue weighted by Crippen LogP contribution is 2.25. The Morgan fingerprint density at radius 3 is 2.50 bits per heavy atom. The first kappa shape index (κ1) is 16.4. The third-order valence-corrected chi connectivity index (χ3v) is 4.13. The first-order chi connectivity index (χ1) is 10.5. The van der Waals surface area contributed by atoms with Crippen LogP contribution in [0.2, 0.25) is 0 Å². The van der Waals surface area contributed by atoms with Crippen LogP contribution in [0.3, 0.4) is 0 Å². The van der Waals surface area contributed by atoms with Crippen molar-refractivity contribution in [3.8, 4) is 5.75 Å². The number of nitrogens with two attached hydrogens (primary N) is 1. The second kappa shape index (κ2) is 7.31. The first-order valence-corrected chi connectivity index (χ1v) is 7.85. The average Bonchev–Trinajstić information content (AvgIpc) is 2.49. The second-order valence-electron chi connectivity index (χ2n) is 4.95. The zero-order valence-corrected chi connectivity index (χ0v) is 13.7. The van der Waals surface area contributed by atoms with Crippen LogP contribution in [0.15, 0.2) is 41.4 Å². The average molecular weight is 318 g/mol. The fourth-order valence-corrected chi connectivity index (χ4v) is 2.73. The van der Waals surface area contributed by atoms with E-state index in [2.05, 4.69) is 4.99 Å². The van der Waals surface area contributed by atoms with Crippen molar-refractivity contribution in [3.05, 3.63) is 58.9 Å². The number of amidine groups is 1. The molecule has 0 aliphatic carbocycles. The molecule has 0 aromatic heterocycles. The molecule has 0 atom stereocenters. The summed E-state index contributed by atoms with van der Waals surface area (Å²) in [5.74, 6) is 0.429. The van der Waals surface area contributed by atoms with Crippen molar-refractivity contribution in [2.24, 2.45) is 10.7 Å². The van der Waals surface area contributed by atoms with E-state index in [-0.39, 0.29) is 11.6 Å². The number of aliphatic imine (C=N–C) groups is 1. The van der Waals surface area contributed by atoms with Crippen molar-refractivity contribution in [1.29, 1.82) is 0 Å². The Kier molecular flexibility index (Phi) is 5.44. The van der Waals surface area contributed by atoms with Crippen molar-refractivity contribution in [1.82, 2.24) is 0 Å². The maximum Gasteiger partial charge on any atom is 0.165 e. The van der Waals surface area contributed by atoms with Crippen molar-refractivity contribution in [3.63, 3.8) is 0 Å². The summed E-state index contributed by atoms with van der Waals surface area (Å²) in [7, 11) is 1.45. The minimum atomic E-state index is -0.370. The molecule has 0 saturated heterocycles. The van der Waals surface area contributed by atoms with E-state index in [0.717, 1.165) is 22.4 Å². The normalized spacial score (nSPS) is 11.5. The Bertz CT molecular complexity index is 681. The molecule has 0 radical (unpaired) electrons. The van der Waals surface area contributed by atoms with Gasteiger partial charge >= 0.3 is 0 Å². The van der Waals surface area contributed by atoms with E-state index in [1.165, 1.54) is 24.9 Å². The molecule has 0 aliphatic heterocycles. The molecule has 2 N–H and O–H groups in total. The zero-order valence-electron chi connectivity index (χ0n) is 12.9. The molecule has 2 aromatic rings. The Morgan fingerprint density at radius 1 is 1.23 bits per heavy atom. The number of hydrogen-bond acceptors (Lipinski definition) is 3. The first-order valence-electron chi connectivity index (χ1n) is 6.87. The van der Waals surface area contributed by atoms with Gasteiger partial charge in [-0.25, -0.2) is 9.38 Å². The fourth-order valence-electron chi connectivity index (χ4n) is 2.08. The van der Waals surface area contributed by atoms with Gasteiger partial charge < -0.3 is 10.5 Å². The van der Waals surface area contributed by atoms with Gasteiger partial charge in [-0.3, -0.25) is 0 Å². The molecule has 5 heteroatoms. The summed E-state index contributed by atoms with van der Waals surface area (Å²) in [5, 5.41) is 0.466. The minimum Gasteiger partial charge on any atom is -0.494 e. The lowest BCUT2D eigenvalue weighted by Gasteiger charge is -2.07. The lowest BCUT2D eigenvalue weighted by Crippen LogP contribution is -2.06. The molecule has 0 heterocycles. The lowest BCUT2D eigenvalue weighted by atomic mass is 10.1. The predicted octanol–water partition coefficient (Wildman–Crippen LogP) is 4.33. The summed E-state index contributed by atoms with van der Waals surface area (Å²) in [4.78, 5) is 4.47. The lowest BCUT2D eigenvalue weighted by molar-refractivity contribution is 0.386. The summed E-state index contributed by atoms with van der Waals surface area (Å²) < 4.78 is 18.5. The zero-order chi connectivity index (χ0) is 16.1. The minimum absolute atomic E-state index is 0.242. The number of thioether (sulfide) groups is 1. The number of aryl methyl sites for hydroxylation is 2. The molecule has 0 aliphatic rings. The number of halogens is 1. The van der Waals surface area contributed by atoms with Crippen molar-refractivity contribution >= 4 is 22.6 Å². The van der Waals surface area contributed by atoms with E-state index in [4.69, 9.17) is 10.5 Å². The highest BCUT2D eigenvalue weighted by molar-refractivity contribution is 8.13. The van der Waals surface area contributed by atoms with Gasteiger partial charge in [0.05, 0.1) is 12.8 Å². The molecule has 0 bridgehead atoms. The molecular weight excluding hydrogens is 299 g/mol. The van der Waals surface area contributed by atoms with Gasteiger partial charge in [-0.1, -0.05) is 36.0 Å². The topological polar surface area (TPSA) is 47.6 Å².